The Hall–Kier alpha value is -1.59. The number of halogens is 1. The van der Waals surface area contributed by atoms with Crippen LogP contribution in [-0.4, -0.2) is 74.7 Å². The van der Waals surface area contributed by atoms with E-state index in [-0.39, 0.29) is 24.0 Å². The van der Waals surface area contributed by atoms with Gasteiger partial charge in [-0.15, -0.1) is 35.3 Å². The third-order valence-corrected chi connectivity index (χ3v) is 6.73. The second-order valence-electron chi connectivity index (χ2n) is 7.63. The van der Waals surface area contributed by atoms with E-state index >= 15 is 0 Å². The number of aliphatic imine (C=N–C) groups is 1. The van der Waals surface area contributed by atoms with Crippen molar-refractivity contribution in [3.63, 3.8) is 0 Å². The van der Waals surface area contributed by atoms with E-state index in [1.807, 2.05) is 30.5 Å². The van der Waals surface area contributed by atoms with Crippen LogP contribution in [0.5, 0.6) is 11.5 Å². The molecular weight excluding hydrogens is 537 g/mol. The van der Waals surface area contributed by atoms with Crippen LogP contribution in [-0.2, 0) is 19.4 Å². The number of thiazole rings is 1. The summed E-state index contributed by atoms with van der Waals surface area (Å²) in [5.74, 6) is 2.74. The van der Waals surface area contributed by atoms with Crippen LogP contribution in [0.25, 0.3) is 0 Å². The number of hydrogen-bond acceptors (Lipinski definition) is 6. The summed E-state index contributed by atoms with van der Waals surface area (Å²) in [5, 5.41) is 4.72. The molecule has 0 saturated carbocycles. The maximum atomic E-state index is 5.53. The van der Waals surface area contributed by atoms with Crippen LogP contribution >= 0.6 is 35.3 Å². The number of nitrogens with one attached hydrogen (secondary N) is 1. The molecule has 1 N–H and O–H groups in total. The first kappa shape index (κ1) is 26.7. The largest absolute Gasteiger partial charge is 0.497 e. The second kappa shape index (κ2) is 13.2. The summed E-state index contributed by atoms with van der Waals surface area (Å²) >= 11 is 1.81. The number of rotatable bonds is 8. The molecule has 32 heavy (non-hydrogen) atoms. The third kappa shape index (κ3) is 6.95. The lowest BCUT2D eigenvalue weighted by Crippen LogP contribution is -2.52. The molecule has 1 aliphatic rings. The van der Waals surface area contributed by atoms with Crippen LogP contribution in [0.15, 0.2) is 23.2 Å². The van der Waals surface area contributed by atoms with Gasteiger partial charge in [-0.25, -0.2) is 4.98 Å². The lowest BCUT2D eigenvalue weighted by Gasteiger charge is -2.36. The smallest absolute Gasteiger partial charge is 0.193 e. The van der Waals surface area contributed by atoms with Crippen molar-refractivity contribution in [2.45, 2.75) is 33.2 Å². The van der Waals surface area contributed by atoms with Gasteiger partial charge in [0, 0.05) is 63.2 Å². The molecule has 0 amide bonds. The zero-order valence-corrected chi connectivity index (χ0v) is 23.0. The molecule has 1 aliphatic heterocycles. The maximum absolute atomic E-state index is 5.53. The van der Waals surface area contributed by atoms with E-state index in [1.165, 1.54) is 15.6 Å². The van der Waals surface area contributed by atoms with E-state index in [9.17, 15) is 0 Å². The topological polar surface area (TPSA) is 62.2 Å². The van der Waals surface area contributed by atoms with Gasteiger partial charge in [0.15, 0.2) is 5.96 Å². The van der Waals surface area contributed by atoms with E-state index < -0.39 is 0 Å². The number of hydrogen-bond donors (Lipinski definition) is 1. The van der Waals surface area contributed by atoms with Gasteiger partial charge in [0.05, 0.1) is 24.9 Å². The Morgan fingerprint density at radius 2 is 1.94 bits per heavy atom. The van der Waals surface area contributed by atoms with E-state index in [0.29, 0.717) is 0 Å². The molecule has 0 bridgehead atoms. The quantitative estimate of drug-likeness (QED) is 0.296. The zero-order chi connectivity index (χ0) is 22.2. The minimum atomic E-state index is 0. The number of benzene rings is 1. The summed E-state index contributed by atoms with van der Waals surface area (Å²) in [4.78, 5) is 15.4. The molecule has 9 heteroatoms. The van der Waals surface area contributed by atoms with Crippen molar-refractivity contribution in [2.24, 2.45) is 4.99 Å². The summed E-state index contributed by atoms with van der Waals surface area (Å²) in [5.41, 5.74) is 2.39. The monoisotopic (exact) mass is 573 g/mol. The average molecular weight is 574 g/mol. The Labute approximate surface area is 213 Å². The van der Waals surface area contributed by atoms with Crippen molar-refractivity contribution >= 4 is 41.3 Å². The van der Waals surface area contributed by atoms with Gasteiger partial charge in [-0.2, -0.15) is 0 Å². The molecule has 0 spiro atoms. The maximum Gasteiger partial charge on any atom is 0.193 e. The van der Waals surface area contributed by atoms with Crippen molar-refractivity contribution in [1.29, 1.82) is 0 Å². The lowest BCUT2D eigenvalue weighted by molar-refractivity contribution is 0.171. The molecule has 1 saturated heterocycles. The van der Waals surface area contributed by atoms with E-state index in [2.05, 4.69) is 40.0 Å². The third-order valence-electron chi connectivity index (χ3n) is 5.66. The predicted octanol–water partition coefficient (Wildman–Crippen LogP) is 3.58. The van der Waals surface area contributed by atoms with Crippen molar-refractivity contribution in [2.75, 3.05) is 54.0 Å². The number of nitrogens with zero attached hydrogens (tertiary/aromatic N) is 4. The molecular formula is C23H36IN5O2S. The van der Waals surface area contributed by atoms with E-state index in [0.717, 1.165) is 75.1 Å². The van der Waals surface area contributed by atoms with Crippen LogP contribution in [0.3, 0.4) is 0 Å². The summed E-state index contributed by atoms with van der Waals surface area (Å²) in [6.07, 6.45) is 1.93. The minimum absolute atomic E-state index is 0. The van der Waals surface area contributed by atoms with Gasteiger partial charge >= 0.3 is 0 Å². The van der Waals surface area contributed by atoms with Gasteiger partial charge in [0.2, 0.25) is 0 Å². The number of aryl methyl sites for hydroxylation is 2. The zero-order valence-electron chi connectivity index (χ0n) is 19.8. The fourth-order valence-corrected chi connectivity index (χ4v) is 4.92. The van der Waals surface area contributed by atoms with Crippen LogP contribution in [0.1, 0.15) is 28.1 Å². The molecule has 2 heterocycles. The molecule has 2 aromatic rings. The fourth-order valence-electron chi connectivity index (χ4n) is 3.90. The highest BCUT2D eigenvalue weighted by molar-refractivity contribution is 14.0. The Bertz CT molecular complexity index is 881. The number of aromatic nitrogens is 1. The number of ether oxygens (including phenoxy) is 2. The molecule has 0 aliphatic carbocycles. The fraction of sp³-hybridized carbons (Fsp3) is 0.565. The number of piperazine rings is 1. The SMILES string of the molecule is CCc1nc(CCNC(=NC)N2CCN(Cc3cc(OC)ccc3OC)CC2)sc1C.I. The van der Waals surface area contributed by atoms with Crippen molar-refractivity contribution in [3.05, 3.63) is 39.3 Å². The Morgan fingerprint density at radius 1 is 1.19 bits per heavy atom. The first-order valence-corrected chi connectivity index (χ1v) is 11.7. The molecule has 7 nitrogen and oxygen atoms in total. The lowest BCUT2D eigenvalue weighted by atomic mass is 10.1. The normalized spacial score (nSPS) is 14.8. The highest BCUT2D eigenvalue weighted by Gasteiger charge is 2.21. The molecule has 1 fully saturated rings. The van der Waals surface area contributed by atoms with Crippen molar-refractivity contribution < 1.29 is 9.47 Å². The number of methoxy groups -OCH3 is 2. The summed E-state index contributed by atoms with van der Waals surface area (Å²) < 4.78 is 10.9. The van der Waals surface area contributed by atoms with Gasteiger partial charge in [-0.05, 0) is 31.5 Å². The molecule has 1 aromatic carbocycles. The molecule has 0 atom stereocenters. The summed E-state index contributed by atoms with van der Waals surface area (Å²) in [7, 11) is 5.27. The Balaban J connectivity index is 0.00000363. The average Bonchev–Trinajstić information content (AvgIpc) is 3.16. The second-order valence-corrected chi connectivity index (χ2v) is 8.92. The Morgan fingerprint density at radius 3 is 2.53 bits per heavy atom. The van der Waals surface area contributed by atoms with Crippen molar-refractivity contribution in [1.82, 2.24) is 20.1 Å². The molecule has 3 rings (SSSR count). The first-order chi connectivity index (χ1) is 15.1. The van der Waals surface area contributed by atoms with Crippen LogP contribution in [0.4, 0.5) is 0 Å². The van der Waals surface area contributed by atoms with Crippen LogP contribution in [0, 0.1) is 6.92 Å². The first-order valence-electron chi connectivity index (χ1n) is 10.9. The summed E-state index contributed by atoms with van der Waals surface area (Å²) in [6, 6.07) is 5.98. The standard InChI is InChI=1S/C23H35N5O2S.HI/c1-6-20-17(2)31-22(26-20)9-10-25-23(24-3)28-13-11-27(12-14-28)16-18-15-19(29-4)7-8-21(18)30-5;/h7-8,15H,6,9-14,16H2,1-5H3,(H,24,25);1H. The van der Waals surface area contributed by atoms with Gasteiger partial charge < -0.3 is 19.7 Å². The van der Waals surface area contributed by atoms with Gasteiger partial charge in [0.1, 0.15) is 11.5 Å². The van der Waals surface area contributed by atoms with E-state index in [1.54, 1.807) is 14.2 Å². The minimum Gasteiger partial charge on any atom is -0.497 e. The van der Waals surface area contributed by atoms with Gasteiger partial charge in [0.25, 0.3) is 0 Å². The predicted molar refractivity (Wildman–Crippen MR) is 143 cm³/mol. The highest BCUT2D eigenvalue weighted by Crippen LogP contribution is 2.25. The summed E-state index contributed by atoms with van der Waals surface area (Å²) in [6.45, 7) is 9.88. The van der Waals surface area contributed by atoms with E-state index in [4.69, 9.17) is 14.5 Å². The Kier molecular flexibility index (Phi) is 11.0. The molecule has 0 radical (unpaired) electrons. The highest BCUT2D eigenvalue weighted by atomic mass is 127. The molecule has 1 aromatic heterocycles. The van der Waals surface area contributed by atoms with Crippen LogP contribution < -0.4 is 14.8 Å². The van der Waals surface area contributed by atoms with Gasteiger partial charge in [-0.1, -0.05) is 6.92 Å². The van der Waals surface area contributed by atoms with Crippen molar-refractivity contribution in [3.8, 4) is 11.5 Å². The van der Waals surface area contributed by atoms with Crippen LogP contribution in [0.2, 0.25) is 0 Å². The van der Waals surface area contributed by atoms with Gasteiger partial charge in [-0.3, -0.25) is 9.89 Å². The molecule has 0 unspecified atom stereocenters. The molecule has 178 valence electrons. The number of guanidine groups is 1.